The molecule has 0 saturated carbocycles. The van der Waals surface area contributed by atoms with E-state index in [4.69, 9.17) is 4.74 Å². The highest BCUT2D eigenvalue weighted by molar-refractivity contribution is 6.00. The summed E-state index contributed by atoms with van der Waals surface area (Å²) in [7, 11) is 1.69. The second-order valence-electron chi connectivity index (χ2n) is 6.96. The molecule has 2 unspecified atom stereocenters. The number of fused-ring (bicyclic) bond motifs is 2. The van der Waals surface area contributed by atoms with Crippen LogP contribution < -0.4 is 15.2 Å². The topological polar surface area (TPSA) is 92.0 Å². The highest BCUT2D eigenvalue weighted by Gasteiger charge is 2.39. The molecule has 7 nitrogen and oxygen atoms in total. The molecule has 26 heavy (non-hydrogen) atoms. The normalized spacial score (nSPS) is 21.2. The second-order valence-corrected chi connectivity index (χ2v) is 6.96. The molecule has 2 N–H and O–H groups in total. The first-order chi connectivity index (χ1) is 12.3. The Morgan fingerprint density at radius 3 is 2.77 bits per heavy atom. The minimum Gasteiger partial charge on any atom is -0.487 e. The largest absolute Gasteiger partial charge is 0.487 e. The van der Waals surface area contributed by atoms with Gasteiger partial charge in [0.25, 0.3) is 5.56 Å². The molecule has 0 fully saturated rings. The molecular formula is C19H20N2O5. The SMILES string of the molecule is CC1=CC(O)N2c3c1cc1c(C)cc(=O)n(C)c1c3OCC2CC(=O)O. The van der Waals surface area contributed by atoms with Crippen molar-refractivity contribution in [3.63, 3.8) is 0 Å². The molecule has 0 bridgehead atoms. The zero-order valence-corrected chi connectivity index (χ0v) is 14.8. The number of allylic oxidation sites excluding steroid dienone is 1. The smallest absolute Gasteiger partial charge is 0.305 e. The molecule has 0 amide bonds. The summed E-state index contributed by atoms with van der Waals surface area (Å²) < 4.78 is 7.52. The standard InChI is InChI=1S/C19H20N2O5/c1-9-4-14(22)20(3)17-12(9)7-13-10(2)5-15(23)21-11(6-16(24)25)8-26-19(17)18(13)21/h4-5,7,11,15,23H,6,8H2,1-3H3,(H,24,25). The van der Waals surface area contributed by atoms with Crippen LogP contribution in [0.2, 0.25) is 0 Å². The third-order valence-electron chi connectivity index (χ3n) is 5.25. The molecule has 0 aliphatic carbocycles. The number of aromatic nitrogens is 1. The fourth-order valence-electron chi connectivity index (χ4n) is 3.98. The van der Waals surface area contributed by atoms with Gasteiger partial charge >= 0.3 is 5.97 Å². The lowest BCUT2D eigenvalue weighted by Crippen LogP contribution is -2.51. The van der Waals surface area contributed by atoms with Crippen LogP contribution >= 0.6 is 0 Å². The lowest BCUT2D eigenvalue weighted by Gasteiger charge is -2.44. The molecule has 1 aromatic heterocycles. The van der Waals surface area contributed by atoms with Gasteiger partial charge < -0.3 is 24.4 Å². The summed E-state index contributed by atoms with van der Waals surface area (Å²) in [5, 5.41) is 20.7. The molecule has 2 atom stereocenters. The van der Waals surface area contributed by atoms with Crippen LogP contribution in [0.25, 0.3) is 16.5 Å². The number of ether oxygens (including phenoxy) is 1. The minimum absolute atomic E-state index is 0.129. The summed E-state index contributed by atoms with van der Waals surface area (Å²) >= 11 is 0. The quantitative estimate of drug-likeness (QED) is 0.850. The number of aliphatic hydroxyl groups is 1. The number of hydrogen-bond donors (Lipinski definition) is 2. The molecule has 0 radical (unpaired) electrons. The Kier molecular flexibility index (Phi) is 3.59. The fraction of sp³-hybridized carbons (Fsp3) is 0.368. The van der Waals surface area contributed by atoms with Crippen LogP contribution in [-0.2, 0) is 11.8 Å². The van der Waals surface area contributed by atoms with Crippen LogP contribution in [0.4, 0.5) is 5.69 Å². The predicted molar refractivity (Wildman–Crippen MR) is 97.6 cm³/mol. The summed E-state index contributed by atoms with van der Waals surface area (Å²) in [5.41, 5.74) is 3.80. The van der Waals surface area contributed by atoms with Crippen molar-refractivity contribution in [2.75, 3.05) is 11.5 Å². The van der Waals surface area contributed by atoms with Gasteiger partial charge in [-0.25, -0.2) is 0 Å². The van der Waals surface area contributed by atoms with Crippen LogP contribution in [0, 0.1) is 6.92 Å². The monoisotopic (exact) mass is 356 g/mol. The molecule has 2 aliphatic heterocycles. The van der Waals surface area contributed by atoms with Gasteiger partial charge in [-0.1, -0.05) is 0 Å². The molecule has 0 spiro atoms. The van der Waals surface area contributed by atoms with Gasteiger partial charge in [0.05, 0.1) is 23.7 Å². The Labute approximate surface area is 149 Å². The van der Waals surface area contributed by atoms with Gasteiger partial charge in [0.15, 0.2) is 5.75 Å². The minimum atomic E-state index is -0.953. The Morgan fingerprint density at radius 1 is 1.35 bits per heavy atom. The Balaban J connectivity index is 2.08. The number of carboxylic acid groups (broad SMARTS) is 1. The zero-order valence-electron chi connectivity index (χ0n) is 14.8. The van der Waals surface area contributed by atoms with Gasteiger partial charge in [-0.05, 0) is 37.1 Å². The van der Waals surface area contributed by atoms with E-state index in [0.717, 1.165) is 22.1 Å². The van der Waals surface area contributed by atoms with Gasteiger partial charge in [-0.3, -0.25) is 9.59 Å². The Morgan fingerprint density at radius 2 is 2.08 bits per heavy atom. The lowest BCUT2D eigenvalue weighted by atomic mass is 9.92. The van der Waals surface area contributed by atoms with E-state index in [1.807, 2.05) is 19.9 Å². The average molecular weight is 356 g/mol. The van der Waals surface area contributed by atoms with Crippen LogP contribution in [0.5, 0.6) is 5.75 Å². The summed E-state index contributed by atoms with van der Waals surface area (Å²) in [6.45, 7) is 3.91. The number of aryl methyl sites for hydroxylation is 2. The van der Waals surface area contributed by atoms with Crippen LogP contribution in [-0.4, -0.2) is 39.6 Å². The molecule has 1 aromatic carbocycles. The van der Waals surface area contributed by atoms with Crippen molar-refractivity contribution < 1.29 is 19.7 Å². The van der Waals surface area contributed by atoms with Crippen molar-refractivity contribution in [1.29, 1.82) is 0 Å². The van der Waals surface area contributed by atoms with E-state index < -0.39 is 18.2 Å². The first-order valence-corrected chi connectivity index (χ1v) is 8.46. The molecule has 7 heteroatoms. The fourth-order valence-corrected chi connectivity index (χ4v) is 3.98. The number of aliphatic carboxylic acids is 1. The highest BCUT2D eigenvalue weighted by atomic mass is 16.5. The van der Waals surface area contributed by atoms with Crippen molar-refractivity contribution in [3.05, 3.63) is 39.7 Å². The summed E-state index contributed by atoms with van der Waals surface area (Å²) in [5.74, 6) is -0.431. The third-order valence-corrected chi connectivity index (χ3v) is 5.25. The van der Waals surface area contributed by atoms with Crippen molar-refractivity contribution in [2.24, 2.45) is 7.05 Å². The molecule has 136 valence electrons. The van der Waals surface area contributed by atoms with Crippen LogP contribution in [0.15, 0.2) is 23.0 Å². The first-order valence-electron chi connectivity index (χ1n) is 8.46. The van der Waals surface area contributed by atoms with E-state index in [9.17, 15) is 19.8 Å². The molecule has 0 saturated heterocycles. The number of carbonyl (C=O) groups is 1. The second kappa shape index (κ2) is 5.60. The number of hydrogen-bond acceptors (Lipinski definition) is 5. The molecular weight excluding hydrogens is 336 g/mol. The number of benzene rings is 1. The Hall–Kier alpha value is -2.80. The van der Waals surface area contributed by atoms with E-state index in [-0.39, 0.29) is 18.6 Å². The van der Waals surface area contributed by atoms with E-state index >= 15 is 0 Å². The van der Waals surface area contributed by atoms with Crippen molar-refractivity contribution >= 4 is 28.1 Å². The number of pyridine rings is 1. The highest BCUT2D eigenvalue weighted by Crippen LogP contribution is 2.48. The third kappa shape index (κ3) is 2.24. The summed E-state index contributed by atoms with van der Waals surface area (Å²) in [6.07, 6.45) is 0.636. The van der Waals surface area contributed by atoms with Crippen molar-refractivity contribution in [1.82, 2.24) is 4.57 Å². The van der Waals surface area contributed by atoms with Crippen LogP contribution in [0.3, 0.4) is 0 Å². The van der Waals surface area contributed by atoms with E-state index in [0.29, 0.717) is 17.0 Å². The van der Waals surface area contributed by atoms with Crippen molar-refractivity contribution in [3.8, 4) is 5.75 Å². The maximum Gasteiger partial charge on any atom is 0.305 e. The number of nitrogens with zero attached hydrogens (tertiary/aromatic N) is 2. The maximum absolute atomic E-state index is 12.3. The number of rotatable bonds is 2. The molecule has 2 aliphatic rings. The van der Waals surface area contributed by atoms with Gasteiger partial charge in [0.1, 0.15) is 12.8 Å². The number of anilines is 1. The van der Waals surface area contributed by atoms with Gasteiger partial charge in [0.2, 0.25) is 0 Å². The van der Waals surface area contributed by atoms with Crippen molar-refractivity contribution in [2.45, 2.75) is 32.5 Å². The van der Waals surface area contributed by atoms with Gasteiger partial charge in [-0.15, -0.1) is 0 Å². The molecule has 3 heterocycles. The summed E-state index contributed by atoms with van der Waals surface area (Å²) in [6, 6.07) is 3.09. The Bertz CT molecular complexity index is 1040. The summed E-state index contributed by atoms with van der Waals surface area (Å²) in [4.78, 5) is 25.2. The zero-order chi connectivity index (χ0) is 18.7. The predicted octanol–water partition coefficient (Wildman–Crippen LogP) is 1.62. The van der Waals surface area contributed by atoms with E-state index in [1.54, 1.807) is 24.1 Å². The number of carboxylic acids is 1. The van der Waals surface area contributed by atoms with E-state index in [1.165, 1.54) is 4.57 Å². The average Bonchev–Trinajstić information content (AvgIpc) is 2.56. The maximum atomic E-state index is 12.3. The number of aliphatic hydroxyl groups excluding tert-OH is 1. The van der Waals surface area contributed by atoms with Gasteiger partial charge in [0, 0.05) is 24.1 Å². The molecule has 2 aromatic rings. The van der Waals surface area contributed by atoms with Crippen LogP contribution in [0.1, 0.15) is 24.5 Å². The first kappa shape index (κ1) is 16.7. The molecule has 4 rings (SSSR count). The lowest BCUT2D eigenvalue weighted by molar-refractivity contribution is -0.137. The van der Waals surface area contributed by atoms with E-state index in [2.05, 4.69) is 0 Å². The van der Waals surface area contributed by atoms with Gasteiger partial charge in [-0.2, -0.15) is 0 Å².